The standard InChI is InChI=1S/C25H24N2O6/c1-29-18-8-5-7-16(13-18)24(28)27(15-17-11-12-19(30-2)14-22(17)32-4)25-26-23-20(31-3)9-6-10-21(23)33-25/h5-14H,15H2,1-4H3. The van der Waals surface area contributed by atoms with Gasteiger partial charge in [0.25, 0.3) is 5.91 Å². The second kappa shape index (κ2) is 9.52. The van der Waals surface area contributed by atoms with E-state index in [9.17, 15) is 4.79 Å². The molecule has 1 aromatic heterocycles. The van der Waals surface area contributed by atoms with Crippen LogP contribution in [0, 0.1) is 0 Å². The number of anilines is 1. The molecule has 8 heteroatoms. The van der Waals surface area contributed by atoms with E-state index in [2.05, 4.69) is 4.98 Å². The van der Waals surface area contributed by atoms with E-state index in [0.717, 1.165) is 5.56 Å². The zero-order chi connectivity index (χ0) is 23.4. The largest absolute Gasteiger partial charge is 0.497 e. The highest BCUT2D eigenvalue weighted by Gasteiger charge is 2.26. The summed E-state index contributed by atoms with van der Waals surface area (Å²) < 4.78 is 27.5. The van der Waals surface area contributed by atoms with Crippen molar-refractivity contribution < 1.29 is 28.2 Å². The fourth-order valence-electron chi connectivity index (χ4n) is 3.48. The Hall–Kier alpha value is -4.20. The van der Waals surface area contributed by atoms with E-state index < -0.39 is 0 Å². The van der Waals surface area contributed by atoms with E-state index in [1.54, 1.807) is 83.0 Å². The molecule has 0 spiro atoms. The molecule has 0 bridgehead atoms. The average molecular weight is 448 g/mol. The highest BCUT2D eigenvalue weighted by atomic mass is 16.5. The van der Waals surface area contributed by atoms with Gasteiger partial charge >= 0.3 is 6.01 Å². The van der Waals surface area contributed by atoms with Gasteiger partial charge in [-0.2, -0.15) is 4.98 Å². The fraction of sp³-hybridized carbons (Fsp3) is 0.200. The molecule has 0 aliphatic heterocycles. The van der Waals surface area contributed by atoms with Crippen LogP contribution in [0.2, 0.25) is 0 Å². The van der Waals surface area contributed by atoms with Gasteiger partial charge in [-0.15, -0.1) is 0 Å². The zero-order valence-corrected chi connectivity index (χ0v) is 18.8. The number of ether oxygens (including phenoxy) is 4. The molecule has 0 aliphatic carbocycles. The van der Waals surface area contributed by atoms with Gasteiger partial charge in [-0.25, -0.2) is 0 Å². The number of nitrogens with zero attached hydrogens (tertiary/aromatic N) is 2. The molecule has 0 saturated carbocycles. The molecule has 3 aromatic carbocycles. The number of para-hydroxylation sites is 1. The quantitative estimate of drug-likeness (QED) is 0.386. The SMILES string of the molecule is COc1cccc(C(=O)N(Cc2ccc(OC)cc2OC)c2nc3c(OC)cccc3o2)c1. The molecule has 4 aromatic rings. The molecular weight excluding hydrogens is 424 g/mol. The number of hydrogen-bond acceptors (Lipinski definition) is 7. The molecule has 170 valence electrons. The normalized spacial score (nSPS) is 10.7. The topological polar surface area (TPSA) is 83.3 Å². The summed E-state index contributed by atoms with van der Waals surface area (Å²) in [5.74, 6) is 2.04. The lowest BCUT2D eigenvalue weighted by Gasteiger charge is -2.21. The van der Waals surface area contributed by atoms with E-state index >= 15 is 0 Å². The first kappa shape index (κ1) is 22.0. The number of amides is 1. The molecule has 8 nitrogen and oxygen atoms in total. The Morgan fingerprint density at radius 2 is 1.58 bits per heavy atom. The molecule has 0 fully saturated rings. The van der Waals surface area contributed by atoms with Crippen LogP contribution in [0.25, 0.3) is 11.1 Å². The molecule has 0 N–H and O–H groups in total. The minimum Gasteiger partial charge on any atom is -0.497 e. The second-order valence-corrected chi connectivity index (χ2v) is 7.10. The summed E-state index contributed by atoms with van der Waals surface area (Å²) in [5, 5.41) is 0. The third-order valence-electron chi connectivity index (χ3n) is 5.21. The summed E-state index contributed by atoms with van der Waals surface area (Å²) in [6.07, 6.45) is 0. The number of carbonyl (C=O) groups is 1. The third kappa shape index (κ3) is 4.41. The van der Waals surface area contributed by atoms with Gasteiger partial charge in [0.2, 0.25) is 0 Å². The molecular formula is C25H24N2O6. The predicted octanol–water partition coefficient (Wildman–Crippen LogP) is 4.71. The number of hydrogen-bond donors (Lipinski definition) is 0. The lowest BCUT2D eigenvalue weighted by Crippen LogP contribution is -2.31. The average Bonchev–Trinajstić information content (AvgIpc) is 3.31. The van der Waals surface area contributed by atoms with Crippen LogP contribution in [0.3, 0.4) is 0 Å². The summed E-state index contributed by atoms with van der Waals surface area (Å²) in [6, 6.07) is 17.8. The highest BCUT2D eigenvalue weighted by Crippen LogP contribution is 2.32. The first-order chi connectivity index (χ1) is 16.1. The van der Waals surface area contributed by atoms with Gasteiger partial charge in [0.05, 0.1) is 35.0 Å². The number of carbonyl (C=O) groups excluding carboxylic acids is 1. The lowest BCUT2D eigenvalue weighted by atomic mass is 10.1. The Bertz CT molecular complexity index is 1280. The smallest absolute Gasteiger partial charge is 0.305 e. The number of benzene rings is 3. The Morgan fingerprint density at radius 3 is 2.30 bits per heavy atom. The van der Waals surface area contributed by atoms with Crippen LogP contribution in [0.1, 0.15) is 15.9 Å². The molecule has 0 unspecified atom stereocenters. The summed E-state index contributed by atoms with van der Waals surface area (Å²) in [6.45, 7) is 0.151. The van der Waals surface area contributed by atoms with Crippen LogP contribution >= 0.6 is 0 Å². The van der Waals surface area contributed by atoms with E-state index in [-0.39, 0.29) is 18.5 Å². The van der Waals surface area contributed by atoms with E-state index in [4.69, 9.17) is 23.4 Å². The highest BCUT2D eigenvalue weighted by molar-refractivity contribution is 6.05. The minimum absolute atomic E-state index is 0.139. The molecule has 33 heavy (non-hydrogen) atoms. The number of fused-ring (bicyclic) bond motifs is 1. The number of rotatable bonds is 8. The first-order valence-corrected chi connectivity index (χ1v) is 10.2. The van der Waals surface area contributed by atoms with Crippen molar-refractivity contribution in [1.29, 1.82) is 0 Å². The maximum Gasteiger partial charge on any atom is 0.305 e. The molecule has 0 saturated heterocycles. The van der Waals surface area contributed by atoms with Crippen molar-refractivity contribution >= 4 is 23.0 Å². The molecule has 0 aliphatic rings. The number of aromatic nitrogens is 1. The van der Waals surface area contributed by atoms with E-state index in [1.165, 1.54) is 4.90 Å². The fourth-order valence-corrected chi connectivity index (χ4v) is 3.48. The van der Waals surface area contributed by atoms with Gasteiger partial charge in [0, 0.05) is 17.2 Å². The maximum absolute atomic E-state index is 13.6. The Labute approximate surface area is 191 Å². The van der Waals surface area contributed by atoms with Crippen LogP contribution < -0.4 is 23.8 Å². The van der Waals surface area contributed by atoms with Crippen molar-refractivity contribution in [2.75, 3.05) is 33.3 Å². The van der Waals surface area contributed by atoms with Crippen molar-refractivity contribution in [2.24, 2.45) is 0 Å². The van der Waals surface area contributed by atoms with Crippen LogP contribution in [-0.4, -0.2) is 39.3 Å². The molecule has 1 heterocycles. The summed E-state index contributed by atoms with van der Waals surface area (Å²) in [7, 11) is 6.26. The first-order valence-electron chi connectivity index (χ1n) is 10.2. The van der Waals surface area contributed by atoms with Gasteiger partial charge in [0.1, 0.15) is 23.0 Å². The molecule has 0 radical (unpaired) electrons. The molecule has 4 rings (SSSR count). The minimum atomic E-state index is -0.308. The predicted molar refractivity (Wildman–Crippen MR) is 124 cm³/mol. The van der Waals surface area contributed by atoms with Gasteiger partial charge in [0.15, 0.2) is 11.1 Å². The van der Waals surface area contributed by atoms with E-state index in [0.29, 0.717) is 39.7 Å². The Kier molecular flexibility index (Phi) is 6.35. The van der Waals surface area contributed by atoms with Crippen LogP contribution in [-0.2, 0) is 6.54 Å². The lowest BCUT2D eigenvalue weighted by molar-refractivity contribution is 0.0979. The van der Waals surface area contributed by atoms with Gasteiger partial charge in [-0.3, -0.25) is 9.69 Å². The van der Waals surface area contributed by atoms with Crippen LogP contribution in [0.15, 0.2) is 65.1 Å². The van der Waals surface area contributed by atoms with Gasteiger partial charge in [-0.05, 0) is 42.5 Å². The van der Waals surface area contributed by atoms with Crippen LogP contribution in [0.4, 0.5) is 6.01 Å². The second-order valence-electron chi connectivity index (χ2n) is 7.10. The Morgan fingerprint density at radius 1 is 0.848 bits per heavy atom. The third-order valence-corrected chi connectivity index (χ3v) is 5.21. The number of oxazole rings is 1. The summed E-state index contributed by atoms with van der Waals surface area (Å²) in [5.41, 5.74) is 2.22. The van der Waals surface area contributed by atoms with Crippen molar-refractivity contribution in [3.63, 3.8) is 0 Å². The zero-order valence-electron chi connectivity index (χ0n) is 18.8. The van der Waals surface area contributed by atoms with Crippen molar-refractivity contribution in [2.45, 2.75) is 6.54 Å². The van der Waals surface area contributed by atoms with Gasteiger partial charge in [-0.1, -0.05) is 12.1 Å². The van der Waals surface area contributed by atoms with Gasteiger partial charge < -0.3 is 23.4 Å². The summed E-state index contributed by atoms with van der Waals surface area (Å²) >= 11 is 0. The monoisotopic (exact) mass is 448 g/mol. The summed E-state index contributed by atoms with van der Waals surface area (Å²) in [4.78, 5) is 19.7. The maximum atomic E-state index is 13.6. The number of methoxy groups -OCH3 is 4. The Balaban J connectivity index is 1.81. The molecule has 0 atom stereocenters. The van der Waals surface area contributed by atoms with Crippen molar-refractivity contribution in [3.8, 4) is 23.0 Å². The van der Waals surface area contributed by atoms with E-state index in [1.807, 2.05) is 6.07 Å². The van der Waals surface area contributed by atoms with Crippen LogP contribution in [0.5, 0.6) is 23.0 Å². The van der Waals surface area contributed by atoms with Crippen molar-refractivity contribution in [1.82, 2.24) is 4.98 Å². The molecule has 1 amide bonds. The van der Waals surface area contributed by atoms with Crippen molar-refractivity contribution in [3.05, 3.63) is 71.8 Å².